The summed E-state index contributed by atoms with van der Waals surface area (Å²) in [6, 6.07) is 6.00. The molecule has 2 heterocycles. The van der Waals surface area contributed by atoms with Crippen molar-refractivity contribution in [1.82, 2.24) is 15.1 Å². The highest BCUT2D eigenvalue weighted by Crippen LogP contribution is 2.22. The molecule has 7 heteroatoms. The molecule has 0 radical (unpaired) electrons. The van der Waals surface area contributed by atoms with Crippen molar-refractivity contribution in [3.05, 3.63) is 40.4 Å². The van der Waals surface area contributed by atoms with E-state index in [1.165, 1.54) is 0 Å². The van der Waals surface area contributed by atoms with Gasteiger partial charge < -0.3 is 4.90 Å². The van der Waals surface area contributed by atoms with E-state index < -0.39 is 0 Å². The maximum atomic E-state index is 11.9. The first kappa shape index (κ1) is 12.5. The first-order chi connectivity index (χ1) is 9.76. The Morgan fingerprint density at radius 1 is 1.55 bits per heavy atom. The quantitative estimate of drug-likeness (QED) is 0.523. The van der Waals surface area contributed by atoms with Crippen molar-refractivity contribution in [1.29, 1.82) is 0 Å². The molecule has 0 bridgehead atoms. The van der Waals surface area contributed by atoms with Crippen LogP contribution in [0, 0.1) is 5.92 Å². The van der Waals surface area contributed by atoms with Crippen LogP contribution in [0.4, 0.5) is 0 Å². The Hall–Kier alpha value is -2.53. The lowest BCUT2D eigenvalue weighted by molar-refractivity contribution is -0.128. The normalized spacial score (nSPS) is 18.5. The number of azide groups is 1. The van der Waals surface area contributed by atoms with Crippen molar-refractivity contribution in [2.45, 2.75) is 13.0 Å². The molecule has 1 unspecified atom stereocenters. The highest BCUT2D eigenvalue weighted by atomic mass is 16.2. The lowest BCUT2D eigenvalue weighted by atomic mass is 10.1. The zero-order valence-corrected chi connectivity index (χ0v) is 10.9. The molecule has 1 aliphatic heterocycles. The molecule has 3 rings (SSSR count). The minimum atomic E-state index is 0.121. The van der Waals surface area contributed by atoms with Crippen molar-refractivity contribution in [2.75, 3.05) is 13.1 Å². The smallest absolute Gasteiger partial charge is 0.223 e. The zero-order valence-electron chi connectivity index (χ0n) is 10.9. The fourth-order valence-electron chi connectivity index (χ4n) is 2.59. The predicted molar refractivity (Wildman–Crippen MR) is 73.6 cm³/mol. The standard InChI is InChI=1S/C13H14N6O/c14-18-16-5-10-4-13(20)19(8-10)7-9-1-2-12-11(3-9)6-15-17-12/h1-3,6,10H,4-5,7-8H2,(H,15,17). The Morgan fingerprint density at radius 2 is 2.45 bits per heavy atom. The fourth-order valence-corrected chi connectivity index (χ4v) is 2.59. The van der Waals surface area contributed by atoms with Crippen LogP contribution in [0.15, 0.2) is 29.5 Å². The maximum Gasteiger partial charge on any atom is 0.223 e. The van der Waals surface area contributed by atoms with Crippen molar-refractivity contribution in [3.63, 3.8) is 0 Å². The van der Waals surface area contributed by atoms with Gasteiger partial charge in [-0.3, -0.25) is 9.89 Å². The third kappa shape index (κ3) is 2.44. The van der Waals surface area contributed by atoms with E-state index in [2.05, 4.69) is 20.2 Å². The summed E-state index contributed by atoms with van der Waals surface area (Å²) in [6.45, 7) is 1.63. The maximum absolute atomic E-state index is 11.9. The molecule has 0 spiro atoms. The minimum Gasteiger partial charge on any atom is -0.338 e. The van der Waals surface area contributed by atoms with E-state index in [4.69, 9.17) is 5.53 Å². The average molecular weight is 270 g/mol. The van der Waals surface area contributed by atoms with Gasteiger partial charge in [-0.05, 0) is 29.1 Å². The average Bonchev–Trinajstić information content (AvgIpc) is 3.03. The predicted octanol–water partition coefficient (Wildman–Crippen LogP) is 2.22. The van der Waals surface area contributed by atoms with Gasteiger partial charge in [0, 0.05) is 36.4 Å². The van der Waals surface area contributed by atoms with Gasteiger partial charge in [0.05, 0.1) is 11.7 Å². The molecule has 0 aliphatic carbocycles. The van der Waals surface area contributed by atoms with Crippen LogP contribution in [-0.4, -0.2) is 34.1 Å². The summed E-state index contributed by atoms with van der Waals surface area (Å²) in [7, 11) is 0. The van der Waals surface area contributed by atoms with Crippen LogP contribution in [0.5, 0.6) is 0 Å². The molecule has 7 nitrogen and oxygen atoms in total. The van der Waals surface area contributed by atoms with Gasteiger partial charge in [-0.15, -0.1) is 0 Å². The van der Waals surface area contributed by atoms with Crippen molar-refractivity contribution in [2.24, 2.45) is 11.0 Å². The van der Waals surface area contributed by atoms with Crippen LogP contribution in [0.1, 0.15) is 12.0 Å². The van der Waals surface area contributed by atoms with Gasteiger partial charge in [-0.25, -0.2) is 0 Å². The molecule has 20 heavy (non-hydrogen) atoms. The number of aromatic amines is 1. The lowest BCUT2D eigenvalue weighted by Gasteiger charge is -2.16. The molecule has 0 saturated carbocycles. The van der Waals surface area contributed by atoms with Gasteiger partial charge in [0.25, 0.3) is 0 Å². The molecule has 1 aromatic heterocycles. The van der Waals surface area contributed by atoms with Gasteiger partial charge in [-0.2, -0.15) is 5.10 Å². The fraction of sp³-hybridized carbons (Fsp3) is 0.385. The van der Waals surface area contributed by atoms with E-state index in [9.17, 15) is 4.79 Å². The second-order valence-electron chi connectivity index (χ2n) is 5.05. The largest absolute Gasteiger partial charge is 0.338 e. The number of benzene rings is 1. The topological polar surface area (TPSA) is 97.8 Å². The van der Waals surface area contributed by atoms with Crippen LogP contribution in [-0.2, 0) is 11.3 Å². The lowest BCUT2D eigenvalue weighted by Crippen LogP contribution is -2.24. The summed E-state index contributed by atoms with van der Waals surface area (Å²) >= 11 is 0. The van der Waals surface area contributed by atoms with Gasteiger partial charge in [-0.1, -0.05) is 11.2 Å². The molecular formula is C13H14N6O. The highest BCUT2D eigenvalue weighted by molar-refractivity contribution is 5.80. The number of likely N-dealkylation sites (tertiary alicyclic amines) is 1. The molecule has 2 aromatic rings. The molecule has 1 atom stereocenters. The third-order valence-corrected chi connectivity index (χ3v) is 3.58. The number of hydrogen-bond donors (Lipinski definition) is 1. The Bertz CT molecular complexity index is 687. The summed E-state index contributed by atoms with van der Waals surface area (Å²) in [6.07, 6.45) is 2.24. The highest BCUT2D eigenvalue weighted by Gasteiger charge is 2.28. The summed E-state index contributed by atoms with van der Waals surface area (Å²) < 4.78 is 0. The van der Waals surface area contributed by atoms with Crippen LogP contribution < -0.4 is 0 Å². The van der Waals surface area contributed by atoms with Crippen LogP contribution in [0.2, 0.25) is 0 Å². The van der Waals surface area contributed by atoms with E-state index in [1.54, 1.807) is 6.20 Å². The number of nitrogens with zero attached hydrogens (tertiary/aromatic N) is 5. The molecule has 1 saturated heterocycles. The zero-order chi connectivity index (χ0) is 13.9. The second kappa shape index (κ2) is 5.22. The molecule has 1 amide bonds. The van der Waals surface area contributed by atoms with E-state index in [-0.39, 0.29) is 11.8 Å². The van der Waals surface area contributed by atoms with Crippen molar-refractivity contribution < 1.29 is 4.79 Å². The van der Waals surface area contributed by atoms with E-state index in [0.717, 1.165) is 16.5 Å². The van der Waals surface area contributed by atoms with Crippen LogP contribution in [0.25, 0.3) is 21.3 Å². The number of H-pyrrole nitrogens is 1. The van der Waals surface area contributed by atoms with Crippen molar-refractivity contribution >= 4 is 16.8 Å². The van der Waals surface area contributed by atoms with Crippen molar-refractivity contribution in [3.8, 4) is 0 Å². The molecular weight excluding hydrogens is 256 g/mol. The van der Waals surface area contributed by atoms with Crippen LogP contribution >= 0.6 is 0 Å². The number of rotatable bonds is 4. The molecule has 1 N–H and O–H groups in total. The van der Waals surface area contributed by atoms with E-state index in [1.807, 2.05) is 23.1 Å². The Morgan fingerprint density at radius 3 is 3.30 bits per heavy atom. The number of nitrogens with one attached hydrogen (secondary N) is 1. The summed E-state index contributed by atoms with van der Waals surface area (Å²) in [5.74, 6) is 0.256. The summed E-state index contributed by atoms with van der Waals surface area (Å²) in [5, 5.41) is 11.5. The van der Waals surface area contributed by atoms with Gasteiger partial charge in [0.1, 0.15) is 0 Å². The van der Waals surface area contributed by atoms with Gasteiger partial charge in [0.15, 0.2) is 0 Å². The SMILES string of the molecule is [N-]=[N+]=NCC1CC(=O)N(Cc2ccc3[nH]ncc3c2)C1. The summed E-state index contributed by atoms with van der Waals surface area (Å²) in [5.41, 5.74) is 10.4. The van der Waals surface area contributed by atoms with Gasteiger partial charge >= 0.3 is 0 Å². The number of carbonyl (C=O) groups is 1. The second-order valence-corrected chi connectivity index (χ2v) is 5.05. The molecule has 102 valence electrons. The number of fused-ring (bicyclic) bond motifs is 1. The first-order valence-electron chi connectivity index (χ1n) is 6.47. The monoisotopic (exact) mass is 270 g/mol. The third-order valence-electron chi connectivity index (χ3n) is 3.58. The minimum absolute atomic E-state index is 0.121. The van der Waals surface area contributed by atoms with Crippen LogP contribution in [0.3, 0.4) is 0 Å². The Balaban J connectivity index is 1.70. The number of hydrogen-bond acceptors (Lipinski definition) is 3. The number of amides is 1. The van der Waals surface area contributed by atoms with Gasteiger partial charge in [0.2, 0.25) is 5.91 Å². The number of aromatic nitrogens is 2. The van der Waals surface area contributed by atoms with E-state index in [0.29, 0.717) is 26.1 Å². The Kier molecular flexibility index (Phi) is 3.26. The Labute approximate surface area is 115 Å². The molecule has 1 aliphatic rings. The molecule has 1 aromatic carbocycles. The summed E-state index contributed by atoms with van der Waals surface area (Å²) in [4.78, 5) is 16.5. The molecule has 1 fully saturated rings. The number of carbonyl (C=O) groups excluding carboxylic acids is 1. The first-order valence-corrected chi connectivity index (χ1v) is 6.47. The van der Waals surface area contributed by atoms with E-state index >= 15 is 0 Å².